The van der Waals surface area contributed by atoms with Crippen LogP contribution in [0.3, 0.4) is 0 Å². The first-order valence-electron chi connectivity index (χ1n) is 16.6. The van der Waals surface area contributed by atoms with E-state index in [1.165, 1.54) is 13.8 Å². The van der Waals surface area contributed by atoms with E-state index in [1.54, 1.807) is 26.4 Å². The summed E-state index contributed by atoms with van der Waals surface area (Å²) in [4.78, 5) is 20.3. The van der Waals surface area contributed by atoms with E-state index in [9.17, 15) is 20.1 Å². The Morgan fingerprint density at radius 1 is 0.755 bits per heavy atom. The molecule has 3 N–H and O–H groups in total. The second kappa shape index (κ2) is 18.0. The fraction of sp³-hybridized carbons (Fsp3) is 0.190. The van der Waals surface area contributed by atoms with Crippen LogP contribution in [0.2, 0.25) is 0 Å². The van der Waals surface area contributed by atoms with Gasteiger partial charge in [0.15, 0.2) is 0 Å². The summed E-state index contributed by atoms with van der Waals surface area (Å²) in [5, 5.41) is 23.5. The summed E-state index contributed by atoms with van der Waals surface area (Å²) < 4.78 is 14.8. The number of nitrogen functional groups attached to an aromatic ring is 1. The van der Waals surface area contributed by atoms with Crippen LogP contribution in [0, 0.1) is 34.5 Å². The molecule has 4 aromatic carbocycles. The quantitative estimate of drug-likeness (QED) is 0.0994. The maximum Gasteiger partial charge on any atom is 0.221 e. The van der Waals surface area contributed by atoms with E-state index < -0.39 is 0 Å². The lowest BCUT2D eigenvalue weighted by molar-refractivity contribution is -0.114. The third-order valence-corrected chi connectivity index (χ3v) is 8.11. The minimum Gasteiger partial charge on any atom is -0.497 e. The Hall–Kier alpha value is -6.67. The third-order valence-electron chi connectivity index (χ3n) is 8.11. The molecular weight excluding hydrogens is 688 g/mol. The van der Waals surface area contributed by atoms with E-state index in [1.807, 2.05) is 84.3 Å². The Morgan fingerprint density at radius 2 is 1.26 bits per heavy atom. The SMILES string of the molecule is CC(=O)Cl.CCn1c(-c2ccc(N)cc2)c(C#N)c2ccc(OC)cc21.CCn1c(C#Cc2ccc(NC(C)=O)cc2)c(C#N)c2ccc(OC)cc21. The number of fused-ring (bicyclic) bond motifs is 2. The molecule has 0 atom stereocenters. The van der Waals surface area contributed by atoms with Crippen LogP contribution in [0.4, 0.5) is 11.4 Å². The molecule has 2 heterocycles. The zero-order valence-corrected chi connectivity index (χ0v) is 31.1. The molecule has 11 heteroatoms. The van der Waals surface area contributed by atoms with Crippen LogP contribution in [-0.4, -0.2) is 34.5 Å². The number of nitriles is 2. The summed E-state index contributed by atoms with van der Waals surface area (Å²) in [6, 6.07) is 31.0. The molecule has 10 nitrogen and oxygen atoms in total. The highest BCUT2D eigenvalue weighted by atomic mass is 35.5. The predicted molar refractivity (Wildman–Crippen MR) is 211 cm³/mol. The molecule has 0 aliphatic rings. The first-order valence-corrected chi connectivity index (χ1v) is 17.0. The molecule has 0 saturated heterocycles. The largest absolute Gasteiger partial charge is 0.497 e. The van der Waals surface area contributed by atoms with Crippen molar-refractivity contribution in [2.75, 3.05) is 25.3 Å². The van der Waals surface area contributed by atoms with Gasteiger partial charge in [-0.1, -0.05) is 18.1 Å². The summed E-state index contributed by atoms with van der Waals surface area (Å²) in [6.45, 7) is 8.31. The molecule has 0 unspecified atom stereocenters. The van der Waals surface area contributed by atoms with Crippen molar-refractivity contribution in [2.45, 2.75) is 40.8 Å². The Labute approximate surface area is 313 Å². The second-order valence-electron chi connectivity index (χ2n) is 11.5. The number of aromatic nitrogens is 2. The van der Waals surface area contributed by atoms with E-state index in [-0.39, 0.29) is 11.1 Å². The lowest BCUT2D eigenvalue weighted by atomic mass is 10.1. The number of halogens is 1. The van der Waals surface area contributed by atoms with Crippen molar-refractivity contribution >= 4 is 55.9 Å². The van der Waals surface area contributed by atoms with Gasteiger partial charge in [-0.2, -0.15) is 10.5 Å². The second-order valence-corrected chi connectivity index (χ2v) is 12.1. The van der Waals surface area contributed by atoms with Crippen molar-refractivity contribution in [1.82, 2.24) is 9.13 Å². The molecule has 0 radical (unpaired) electrons. The minimum atomic E-state index is -0.361. The number of carbonyl (C=O) groups excluding carboxylic acids is 2. The number of aryl methyl sites for hydroxylation is 2. The van der Waals surface area contributed by atoms with Crippen LogP contribution in [0.1, 0.15) is 50.1 Å². The van der Waals surface area contributed by atoms with Gasteiger partial charge in [-0.3, -0.25) is 9.59 Å². The fourth-order valence-corrected chi connectivity index (χ4v) is 5.84. The summed E-state index contributed by atoms with van der Waals surface area (Å²) in [5.41, 5.74) is 13.8. The van der Waals surface area contributed by atoms with Crippen molar-refractivity contribution in [2.24, 2.45) is 0 Å². The summed E-state index contributed by atoms with van der Waals surface area (Å²) in [6.07, 6.45) is 0. The molecule has 1 amide bonds. The minimum absolute atomic E-state index is 0.115. The van der Waals surface area contributed by atoms with Gasteiger partial charge in [0.25, 0.3) is 0 Å². The molecule has 0 fully saturated rings. The van der Waals surface area contributed by atoms with E-state index in [0.717, 1.165) is 62.4 Å². The fourth-order valence-electron chi connectivity index (χ4n) is 5.84. The number of nitrogens with one attached hydrogen (secondary N) is 1. The van der Waals surface area contributed by atoms with Crippen molar-refractivity contribution in [3.8, 4) is 46.7 Å². The first-order chi connectivity index (χ1) is 25.5. The number of ether oxygens (including phenoxy) is 2. The Balaban J connectivity index is 0.000000218. The van der Waals surface area contributed by atoms with E-state index >= 15 is 0 Å². The highest BCUT2D eigenvalue weighted by Gasteiger charge is 2.19. The van der Waals surface area contributed by atoms with Crippen LogP contribution < -0.4 is 20.5 Å². The maximum atomic E-state index is 11.1. The number of nitrogens with zero attached hydrogens (tertiary/aromatic N) is 4. The molecule has 268 valence electrons. The van der Waals surface area contributed by atoms with Gasteiger partial charge < -0.3 is 29.7 Å². The molecule has 6 aromatic rings. The number of amides is 1. The number of anilines is 2. The summed E-state index contributed by atoms with van der Waals surface area (Å²) in [7, 11) is 3.27. The Morgan fingerprint density at radius 3 is 1.74 bits per heavy atom. The van der Waals surface area contributed by atoms with E-state index in [4.69, 9.17) is 15.2 Å². The highest BCUT2D eigenvalue weighted by molar-refractivity contribution is 6.62. The van der Waals surface area contributed by atoms with Gasteiger partial charge in [0.05, 0.1) is 42.1 Å². The molecular formula is C42H39ClN6O4. The number of methoxy groups -OCH3 is 2. The zero-order chi connectivity index (χ0) is 38.7. The number of rotatable bonds is 6. The lowest BCUT2D eigenvalue weighted by Crippen LogP contribution is -2.05. The van der Waals surface area contributed by atoms with E-state index in [0.29, 0.717) is 29.1 Å². The smallest absolute Gasteiger partial charge is 0.221 e. The van der Waals surface area contributed by atoms with Gasteiger partial charge in [0.1, 0.15) is 29.3 Å². The van der Waals surface area contributed by atoms with Crippen LogP contribution >= 0.6 is 11.6 Å². The van der Waals surface area contributed by atoms with Crippen LogP contribution in [0.25, 0.3) is 33.1 Å². The van der Waals surface area contributed by atoms with Gasteiger partial charge in [-0.05, 0) is 97.6 Å². The van der Waals surface area contributed by atoms with Crippen molar-refractivity contribution in [3.63, 3.8) is 0 Å². The lowest BCUT2D eigenvalue weighted by Gasteiger charge is -2.09. The predicted octanol–water partition coefficient (Wildman–Crippen LogP) is 8.46. The van der Waals surface area contributed by atoms with Crippen LogP contribution in [0.5, 0.6) is 11.5 Å². The highest BCUT2D eigenvalue weighted by Crippen LogP contribution is 2.35. The zero-order valence-electron chi connectivity index (χ0n) is 30.4. The molecule has 53 heavy (non-hydrogen) atoms. The molecule has 2 aromatic heterocycles. The van der Waals surface area contributed by atoms with Gasteiger partial charge in [0.2, 0.25) is 11.1 Å². The Bertz CT molecular complexity index is 2420. The maximum absolute atomic E-state index is 11.1. The topological polar surface area (TPSA) is 148 Å². The molecule has 0 saturated carbocycles. The van der Waals surface area contributed by atoms with Crippen LogP contribution in [-0.2, 0) is 22.7 Å². The van der Waals surface area contributed by atoms with Gasteiger partial charge in [0, 0.05) is 66.8 Å². The molecule has 6 rings (SSSR count). The van der Waals surface area contributed by atoms with Crippen LogP contribution in [0.15, 0.2) is 84.9 Å². The number of hydrogen-bond donors (Lipinski definition) is 2. The standard InChI is InChI=1S/C22H19N3O2.C18H17N3O.C2H3ClO/c1-4-25-21(12-7-16-5-8-17(9-6-16)24-15(2)26)20(14-23)19-11-10-18(27-3)13-22(19)25;1-3-21-17-10-14(22-2)8-9-15(17)16(11-19)18(21)12-4-6-13(20)7-5-12;1-2(3)4/h5-6,8-11,13H,4H2,1-3H3,(H,24,26);4-10H,3,20H2,1-2H3;1H3. The van der Waals surface area contributed by atoms with Gasteiger partial charge in [-0.25, -0.2) is 0 Å². The third kappa shape index (κ3) is 9.17. The molecule has 0 spiro atoms. The average molecular weight is 727 g/mol. The molecule has 0 aliphatic carbocycles. The average Bonchev–Trinajstić information content (AvgIpc) is 3.64. The van der Waals surface area contributed by atoms with Crippen molar-refractivity contribution < 1.29 is 19.1 Å². The van der Waals surface area contributed by atoms with Gasteiger partial charge >= 0.3 is 0 Å². The molecule has 0 bridgehead atoms. The van der Waals surface area contributed by atoms with Crippen molar-refractivity contribution in [3.05, 3.63) is 107 Å². The summed E-state index contributed by atoms with van der Waals surface area (Å²) >= 11 is 4.64. The molecule has 0 aliphatic heterocycles. The number of carbonyl (C=O) groups is 2. The summed E-state index contributed by atoms with van der Waals surface area (Å²) in [5.74, 6) is 7.68. The Kier molecular flexibility index (Phi) is 13.3. The monoisotopic (exact) mass is 726 g/mol. The number of benzene rings is 4. The number of nitrogens with two attached hydrogens (primary N) is 1. The normalized spacial score (nSPS) is 9.98. The van der Waals surface area contributed by atoms with Crippen molar-refractivity contribution in [1.29, 1.82) is 10.5 Å². The first kappa shape index (κ1) is 39.1. The van der Waals surface area contributed by atoms with E-state index in [2.05, 4.69) is 52.4 Å². The number of hydrogen-bond acceptors (Lipinski definition) is 7. The van der Waals surface area contributed by atoms with Gasteiger partial charge in [-0.15, -0.1) is 0 Å².